The highest BCUT2D eigenvalue weighted by molar-refractivity contribution is 5.87. The van der Waals surface area contributed by atoms with Crippen LogP contribution < -0.4 is 5.32 Å². The van der Waals surface area contributed by atoms with Crippen LogP contribution >= 0.6 is 0 Å². The van der Waals surface area contributed by atoms with Crippen LogP contribution in [-0.2, 0) is 6.54 Å². The smallest absolute Gasteiger partial charge is 0.335 e. The van der Waals surface area contributed by atoms with Gasteiger partial charge >= 0.3 is 5.97 Å². The largest absolute Gasteiger partial charge is 0.478 e. The number of carboxylic acids is 1. The van der Waals surface area contributed by atoms with Gasteiger partial charge in [0.25, 0.3) is 0 Å². The van der Waals surface area contributed by atoms with E-state index in [0.29, 0.717) is 6.54 Å². The molecular weight excluding hydrogens is 218 g/mol. The normalized spacial score (nSPS) is 9.88. The fourth-order valence-electron chi connectivity index (χ4n) is 1.34. The summed E-state index contributed by atoms with van der Waals surface area (Å²) in [7, 11) is 0. The number of hydrogen-bond acceptors (Lipinski definition) is 4. The van der Waals surface area contributed by atoms with Crippen LogP contribution in [0.15, 0.2) is 42.9 Å². The molecule has 0 radical (unpaired) electrons. The van der Waals surface area contributed by atoms with Crippen molar-refractivity contribution in [3.05, 3.63) is 54.1 Å². The molecule has 0 aliphatic rings. The Morgan fingerprint density at radius 1 is 1.24 bits per heavy atom. The molecule has 2 N–H and O–H groups in total. The number of carbonyl (C=O) groups is 1. The van der Waals surface area contributed by atoms with Gasteiger partial charge in [-0.1, -0.05) is 0 Å². The van der Waals surface area contributed by atoms with Crippen LogP contribution in [0.5, 0.6) is 0 Å². The van der Waals surface area contributed by atoms with E-state index >= 15 is 0 Å². The van der Waals surface area contributed by atoms with E-state index in [1.807, 2.05) is 0 Å². The second kappa shape index (κ2) is 5.07. The van der Waals surface area contributed by atoms with E-state index in [4.69, 9.17) is 5.11 Å². The number of rotatable bonds is 4. The predicted molar refractivity (Wildman–Crippen MR) is 62.8 cm³/mol. The molecule has 5 nitrogen and oxygen atoms in total. The quantitative estimate of drug-likeness (QED) is 0.835. The summed E-state index contributed by atoms with van der Waals surface area (Å²) in [5.74, 6) is -0.925. The van der Waals surface area contributed by atoms with Gasteiger partial charge in [-0.05, 0) is 24.3 Å². The molecule has 0 saturated carbocycles. The summed E-state index contributed by atoms with van der Waals surface area (Å²) < 4.78 is 0. The summed E-state index contributed by atoms with van der Waals surface area (Å²) in [4.78, 5) is 18.7. The Morgan fingerprint density at radius 3 is 2.59 bits per heavy atom. The van der Waals surface area contributed by atoms with E-state index < -0.39 is 5.97 Å². The van der Waals surface area contributed by atoms with Crippen LogP contribution in [0, 0.1) is 0 Å². The third kappa shape index (κ3) is 3.01. The van der Waals surface area contributed by atoms with Gasteiger partial charge in [0.15, 0.2) is 0 Å². The lowest BCUT2D eigenvalue weighted by molar-refractivity contribution is 0.0697. The van der Waals surface area contributed by atoms with Crippen LogP contribution in [0.4, 0.5) is 5.69 Å². The fourth-order valence-corrected chi connectivity index (χ4v) is 1.34. The maximum atomic E-state index is 10.7. The van der Waals surface area contributed by atoms with Crippen LogP contribution in [0.3, 0.4) is 0 Å². The summed E-state index contributed by atoms with van der Waals surface area (Å²) in [5, 5.41) is 11.9. The molecule has 17 heavy (non-hydrogen) atoms. The first-order chi connectivity index (χ1) is 8.25. The topological polar surface area (TPSA) is 75.1 Å². The fraction of sp³-hybridized carbons (Fsp3) is 0.0833. The molecule has 0 aliphatic heterocycles. The summed E-state index contributed by atoms with van der Waals surface area (Å²) >= 11 is 0. The minimum atomic E-state index is -0.925. The Balaban J connectivity index is 1.98. The molecule has 5 heteroatoms. The summed E-state index contributed by atoms with van der Waals surface area (Å²) in [6.45, 7) is 0.556. The first-order valence-electron chi connectivity index (χ1n) is 5.08. The number of carboxylic acid groups (broad SMARTS) is 1. The van der Waals surface area contributed by atoms with Gasteiger partial charge in [-0.3, -0.25) is 9.97 Å². The standard InChI is InChI=1S/C12H11N3O2/c16-12(17)9-1-3-10(4-2-9)15-8-11-7-13-5-6-14-11/h1-7,15H,8H2,(H,16,17). The summed E-state index contributed by atoms with van der Waals surface area (Å²) in [6, 6.07) is 6.56. The highest BCUT2D eigenvalue weighted by Gasteiger charge is 2.01. The van der Waals surface area contributed by atoms with Crippen molar-refractivity contribution < 1.29 is 9.90 Å². The lowest BCUT2D eigenvalue weighted by atomic mass is 10.2. The zero-order valence-electron chi connectivity index (χ0n) is 9.00. The molecule has 0 saturated heterocycles. The summed E-state index contributed by atoms with van der Waals surface area (Å²) in [6.07, 6.45) is 4.92. The van der Waals surface area contributed by atoms with E-state index in [1.165, 1.54) is 0 Å². The number of aromatic carboxylic acids is 1. The van der Waals surface area contributed by atoms with Gasteiger partial charge in [0, 0.05) is 18.1 Å². The van der Waals surface area contributed by atoms with Gasteiger partial charge in [0.05, 0.1) is 24.0 Å². The first-order valence-corrected chi connectivity index (χ1v) is 5.08. The van der Waals surface area contributed by atoms with Crippen molar-refractivity contribution in [2.75, 3.05) is 5.32 Å². The number of benzene rings is 1. The molecule has 1 heterocycles. The lowest BCUT2D eigenvalue weighted by Gasteiger charge is -2.05. The van der Waals surface area contributed by atoms with E-state index in [9.17, 15) is 4.79 Å². The second-order valence-electron chi connectivity index (χ2n) is 3.43. The molecule has 2 aromatic rings. The molecule has 1 aromatic carbocycles. The predicted octanol–water partition coefficient (Wildman–Crippen LogP) is 1.79. The molecule has 2 rings (SSSR count). The number of hydrogen-bond donors (Lipinski definition) is 2. The third-order valence-corrected chi connectivity index (χ3v) is 2.22. The van der Waals surface area contributed by atoms with Crippen LogP contribution in [0.2, 0.25) is 0 Å². The molecule has 0 amide bonds. The van der Waals surface area contributed by atoms with E-state index in [2.05, 4.69) is 15.3 Å². The first kappa shape index (κ1) is 11.1. The molecule has 86 valence electrons. The zero-order valence-corrected chi connectivity index (χ0v) is 9.00. The number of nitrogens with zero attached hydrogens (tertiary/aromatic N) is 2. The van der Waals surface area contributed by atoms with Crippen LogP contribution in [0.1, 0.15) is 16.1 Å². The Labute approximate surface area is 98.2 Å². The maximum absolute atomic E-state index is 10.7. The minimum Gasteiger partial charge on any atom is -0.478 e. The van der Waals surface area contributed by atoms with Crippen molar-refractivity contribution in [2.45, 2.75) is 6.54 Å². The van der Waals surface area contributed by atoms with Crippen LogP contribution in [0.25, 0.3) is 0 Å². The second-order valence-corrected chi connectivity index (χ2v) is 3.43. The Kier molecular flexibility index (Phi) is 3.30. The van der Waals surface area contributed by atoms with Gasteiger partial charge in [0.2, 0.25) is 0 Å². The van der Waals surface area contributed by atoms with Gasteiger partial charge in [-0.25, -0.2) is 4.79 Å². The van der Waals surface area contributed by atoms with Gasteiger partial charge in [0.1, 0.15) is 0 Å². The SMILES string of the molecule is O=C(O)c1ccc(NCc2cnccn2)cc1. The van der Waals surface area contributed by atoms with Crippen molar-refractivity contribution in [1.29, 1.82) is 0 Å². The van der Waals surface area contributed by atoms with Crippen LogP contribution in [-0.4, -0.2) is 21.0 Å². The van der Waals surface area contributed by atoms with Crippen molar-refractivity contribution in [3.8, 4) is 0 Å². The van der Waals surface area contributed by atoms with Crippen molar-refractivity contribution in [3.63, 3.8) is 0 Å². The molecule has 0 unspecified atom stereocenters. The molecule has 0 spiro atoms. The number of aromatic nitrogens is 2. The highest BCUT2D eigenvalue weighted by Crippen LogP contribution is 2.10. The maximum Gasteiger partial charge on any atom is 0.335 e. The monoisotopic (exact) mass is 229 g/mol. The van der Waals surface area contributed by atoms with Crippen molar-refractivity contribution in [2.24, 2.45) is 0 Å². The van der Waals surface area contributed by atoms with Gasteiger partial charge < -0.3 is 10.4 Å². The highest BCUT2D eigenvalue weighted by atomic mass is 16.4. The average molecular weight is 229 g/mol. The van der Waals surface area contributed by atoms with E-state index in [0.717, 1.165) is 11.4 Å². The molecule has 0 atom stereocenters. The van der Waals surface area contributed by atoms with Gasteiger partial charge in [-0.15, -0.1) is 0 Å². The minimum absolute atomic E-state index is 0.273. The Hall–Kier alpha value is -2.43. The Morgan fingerprint density at radius 2 is 2.00 bits per heavy atom. The van der Waals surface area contributed by atoms with Crippen molar-refractivity contribution >= 4 is 11.7 Å². The van der Waals surface area contributed by atoms with E-state index in [-0.39, 0.29) is 5.56 Å². The molecule has 0 aliphatic carbocycles. The Bertz CT molecular complexity index is 497. The lowest BCUT2D eigenvalue weighted by Crippen LogP contribution is -2.02. The third-order valence-electron chi connectivity index (χ3n) is 2.22. The number of anilines is 1. The van der Waals surface area contributed by atoms with Gasteiger partial charge in [-0.2, -0.15) is 0 Å². The van der Waals surface area contributed by atoms with Crippen molar-refractivity contribution in [1.82, 2.24) is 9.97 Å². The molecule has 0 fully saturated rings. The zero-order chi connectivity index (χ0) is 12.1. The average Bonchev–Trinajstić information content (AvgIpc) is 2.38. The molecule has 1 aromatic heterocycles. The summed E-state index contributed by atoms with van der Waals surface area (Å²) in [5.41, 5.74) is 1.95. The molecule has 0 bridgehead atoms. The molecular formula is C12H11N3O2. The number of nitrogens with one attached hydrogen (secondary N) is 1. The van der Waals surface area contributed by atoms with E-state index in [1.54, 1.807) is 42.9 Å².